The van der Waals surface area contributed by atoms with Crippen molar-refractivity contribution in [2.24, 2.45) is 0 Å². The van der Waals surface area contributed by atoms with Crippen LogP contribution in [-0.4, -0.2) is 45.4 Å². The normalized spacial score (nSPS) is 10.4. The van der Waals surface area contributed by atoms with Crippen molar-refractivity contribution in [3.05, 3.63) is 0 Å². The maximum Gasteiger partial charge on any atom is 0.331 e. The van der Waals surface area contributed by atoms with E-state index in [0.717, 1.165) is 38.2 Å². The predicted molar refractivity (Wildman–Crippen MR) is 62.8 cm³/mol. The molecule has 0 radical (unpaired) electrons. The van der Waals surface area contributed by atoms with Crippen LogP contribution in [0.25, 0.3) is 0 Å². The zero-order valence-electron chi connectivity index (χ0n) is 9.87. The van der Waals surface area contributed by atoms with Crippen molar-refractivity contribution < 1.29 is 19.0 Å². The molecular formula is C11H21ClO4. The number of esters is 1. The summed E-state index contributed by atoms with van der Waals surface area (Å²) in [5.74, 6) is 0.378. The van der Waals surface area contributed by atoms with E-state index in [1.165, 1.54) is 7.11 Å². The summed E-state index contributed by atoms with van der Waals surface area (Å²) in [5.41, 5.74) is 0. The lowest BCUT2D eigenvalue weighted by molar-refractivity contribution is -0.146. The molecule has 0 N–H and O–H groups in total. The summed E-state index contributed by atoms with van der Waals surface area (Å²) < 4.78 is 14.8. The molecule has 4 nitrogen and oxygen atoms in total. The van der Waals surface area contributed by atoms with E-state index in [2.05, 4.69) is 4.74 Å². The van der Waals surface area contributed by atoms with Crippen molar-refractivity contribution in [1.29, 1.82) is 0 Å². The molecule has 0 aromatic rings. The van der Waals surface area contributed by atoms with E-state index in [0.29, 0.717) is 13.2 Å². The molecule has 0 rings (SSSR count). The monoisotopic (exact) mass is 252 g/mol. The van der Waals surface area contributed by atoms with Gasteiger partial charge in [0.05, 0.1) is 20.3 Å². The number of halogens is 1. The van der Waals surface area contributed by atoms with Crippen LogP contribution in [0.3, 0.4) is 0 Å². The number of carbonyl (C=O) groups is 1. The van der Waals surface area contributed by atoms with Gasteiger partial charge in [0.25, 0.3) is 0 Å². The summed E-state index contributed by atoms with van der Waals surface area (Å²) >= 11 is 5.55. The maximum absolute atomic E-state index is 10.6. The molecule has 0 aliphatic heterocycles. The predicted octanol–water partition coefficient (Wildman–Crippen LogP) is 1.99. The van der Waals surface area contributed by atoms with Crippen molar-refractivity contribution in [2.45, 2.75) is 25.7 Å². The minimum atomic E-state index is -0.360. The van der Waals surface area contributed by atoms with Gasteiger partial charge in [-0.15, -0.1) is 11.6 Å². The molecular weight excluding hydrogens is 232 g/mol. The molecule has 0 bridgehead atoms. The summed E-state index contributed by atoms with van der Waals surface area (Å²) in [5, 5.41) is 0. The molecule has 0 aromatic heterocycles. The molecule has 16 heavy (non-hydrogen) atoms. The SMILES string of the molecule is COC(=O)COCCOCCCCCCCl. The van der Waals surface area contributed by atoms with Gasteiger partial charge in [-0.1, -0.05) is 12.8 Å². The van der Waals surface area contributed by atoms with Crippen LogP contribution in [0, 0.1) is 0 Å². The molecule has 5 heteroatoms. The van der Waals surface area contributed by atoms with E-state index < -0.39 is 0 Å². The van der Waals surface area contributed by atoms with Gasteiger partial charge < -0.3 is 14.2 Å². The summed E-state index contributed by atoms with van der Waals surface area (Å²) in [7, 11) is 1.34. The Labute approximate surface area is 102 Å². The van der Waals surface area contributed by atoms with Gasteiger partial charge in [0.1, 0.15) is 6.61 Å². The maximum atomic E-state index is 10.6. The third kappa shape index (κ3) is 11.8. The summed E-state index contributed by atoms with van der Waals surface area (Å²) in [6, 6.07) is 0. The van der Waals surface area contributed by atoms with Crippen LogP contribution in [0.4, 0.5) is 0 Å². The largest absolute Gasteiger partial charge is 0.467 e. The highest BCUT2D eigenvalue weighted by atomic mass is 35.5. The number of carbonyl (C=O) groups excluding carboxylic acids is 1. The highest BCUT2D eigenvalue weighted by Gasteiger charge is 1.98. The number of hydrogen-bond acceptors (Lipinski definition) is 4. The molecule has 0 aliphatic carbocycles. The van der Waals surface area contributed by atoms with Crippen LogP contribution < -0.4 is 0 Å². The highest BCUT2D eigenvalue weighted by Crippen LogP contribution is 2.00. The summed E-state index contributed by atoms with van der Waals surface area (Å²) in [6.45, 7) is 1.68. The van der Waals surface area contributed by atoms with Gasteiger partial charge in [-0.3, -0.25) is 0 Å². The first-order valence-corrected chi connectivity index (χ1v) is 6.13. The first-order valence-electron chi connectivity index (χ1n) is 5.59. The zero-order valence-corrected chi connectivity index (χ0v) is 10.6. The van der Waals surface area contributed by atoms with Crippen molar-refractivity contribution in [3.63, 3.8) is 0 Å². The molecule has 0 saturated heterocycles. The number of methoxy groups -OCH3 is 1. The molecule has 0 aromatic carbocycles. The van der Waals surface area contributed by atoms with Gasteiger partial charge in [0, 0.05) is 12.5 Å². The molecule has 0 amide bonds. The minimum absolute atomic E-state index is 0.00438. The van der Waals surface area contributed by atoms with E-state index in [1.807, 2.05) is 0 Å². The Kier molecular flexibility index (Phi) is 12.5. The first kappa shape index (κ1) is 15.7. The van der Waals surface area contributed by atoms with Gasteiger partial charge in [0.15, 0.2) is 0 Å². The fourth-order valence-electron chi connectivity index (χ4n) is 1.09. The van der Waals surface area contributed by atoms with Crippen LogP contribution >= 0.6 is 11.6 Å². The third-order valence-corrected chi connectivity index (χ3v) is 2.26. The number of ether oxygens (including phenoxy) is 3. The number of hydrogen-bond donors (Lipinski definition) is 0. The Morgan fingerprint density at radius 3 is 2.38 bits per heavy atom. The Hall–Kier alpha value is -0.320. The lowest BCUT2D eigenvalue weighted by atomic mass is 10.2. The van der Waals surface area contributed by atoms with Crippen molar-refractivity contribution in [2.75, 3.05) is 39.4 Å². The molecule has 0 aliphatic rings. The molecule has 0 saturated carbocycles. The van der Waals surface area contributed by atoms with E-state index >= 15 is 0 Å². The van der Waals surface area contributed by atoms with Gasteiger partial charge in [-0.05, 0) is 12.8 Å². The second kappa shape index (κ2) is 12.7. The molecule has 0 fully saturated rings. The summed E-state index contributed by atoms with van der Waals surface area (Å²) in [6.07, 6.45) is 4.43. The fourth-order valence-corrected chi connectivity index (χ4v) is 1.28. The topological polar surface area (TPSA) is 44.8 Å². The number of alkyl halides is 1. The molecule has 0 heterocycles. The number of rotatable bonds is 11. The smallest absolute Gasteiger partial charge is 0.331 e. The Bertz CT molecular complexity index is 164. The molecule has 96 valence electrons. The Balaban J connectivity index is 2.96. The van der Waals surface area contributed by atoms with Crippen LogP contribution in [0.15, 0.2) is 0 Å². The number of unbranched alkanes of at least 4 members (excludes halogenated alkanes) is 3. The Morgan fingerprint density at radius 1 is 1.00 bits per heavy atom. The van der Waals surface area contributed by atoms with Crippen molar-refractivity contribution >= 4 is 17.6 Å². The van der Waals surface area contributed by atoms with Crippen molar-refractivity contribution in [1.82, 2.24) is 0 Å². The van der Waals surface area contributed by atoms with Crippen LogP contribution in [0.5, 0.6) is 0 Å². The van der Waals surface area contributed by atoms with Gasteiger partial charge in [0.2, 0.25) is 0 Å². The van der Waals surface area contributed by atoms with Gasteiger partial charge >= 0.3 is 5.97 Å². The van der Waals surface area contributed by atoms with E-state index in [-0.39, 0.29) is 12.6 Å². The van der Waals surface area contributed by atoms with Crippen LogP contribution in [0.2, 0.25) is 0 Å². The first-order chi connectivity index (χ1) is 7.81. The zero-order chi connectivity index (χ0) is 12.1. The van der Waals surface area contributed by atoms with Crippen LogP contribution in [0.1, 0.15) is 25.7 Å². The average molecular weight is 253 g/mol. The quantitative estimate of drug-likeness (QED) is 0.321. The lowest BCUT2D eigenvalue weighted by Gasteiger charge is -2.04. The highest BCUT2D eigenvalue weighted by molar-refractivity contribution is 6.17. The standard InChI is InChI=1S/C11H21ClO4/c1-14-11(13)10-16-9-8-15-7-5-3-2-4-6-12/h2-10H2,1H3. The molecule has 0 unspecified atom stereocenters. The second-order valence-electron chi connectivity index (χ2n) is 3.34. The Morgan fingerprint density at radius 2 is 1.69 bits per heavy atom. The van der Waals surface area contributed by atoms with Gasteiger partial charge in [-0.2, -0.15) is 0 Å². The van der Waals surface area contributed by atoms with E-state index in [1.54, 1.807) is 0 Å². The van der Waals surface area contributed by atoms with Crippen LogP contribution in [-0.2, 0) is 19.0 Å². The molecule has 0 atom stereocenters. The van der Waals surface area contributed by atoms with Gasteiger partial charge in [-0.25, -0.2) is 4.79 Å². The fraction of sp³-hybridized carbons (Fsp3) is 0.909. The van der Waals surface area contributed by atoms with E-state index in [4.69, 9.17) is 21.1 Å². The summed E-state index contributed by atoms with van der Waals surface area (Å²) in [4.78, 5) is 10.6. The minimum Gasteiger partial charge on any atom is -0.467 e. The third-order valence-electron chi connectivity index (χ3n) is 1.99. The lowest BCUT2D eigenvalue weighted by Crippen LogP contribution is -2.13. The van der Waals surface area contributed by atoms with Crippen molar-refractivity contribution in [3.8, 4) is 0 Å². The molecule has 0 spiro atoms. The average Bonchev–Trinajstić information content (AvgIpc) is 2.31. The van der Waals surface area contributed by atoms with E-state index in [9.17, 15) is 4.79 Å². The second-order valence-corrected chi connectivity index (χ2v) is 3.72.